The fourth-order valence-electron chi connectivity index (χ4n) is 2.24. The monoisotopic (exact) mass is 346 g/mol. The maximum Gasteiger partial charge on any atom is 0.328 e. The Labute approximate surface area is 139 Å². The molecule has 130 valence electrons. The van der Waals surface area contributed by atoms with Crippen molar-refractivity contribution in [3.8, 4) is 0 Å². The first-order chi connectivity index (χ1) is 10.8. The molecule has 0 bridgehead atoms. The Morgan fingerprint density at radius 2 is 2.00 bits per heavy atom. The summed E-state index contributed by atoms with van der Waals surface area (Å²) in [6, 6.07) is -1.63. The maximum absolute atomic E-state index is 12.4. The molecule has 0 aromatic rings. The number of hydrogen-bond donors (Lipinski definition) is 1. The van der Waals surface area contributed by atoms with E-state index in [1.807, 2.05) is 13.8 Å². The van der Waals surface area contributed by atoms with Crippen molar-refractivity contribution in [2.24, 2.45) is 0 Å². The molecule has 2 atom stereocenters. The van der Waals surface area contributed by atoms with E-state index in [2.05, 4.69) is 14.8 Å². The van der Waals surface area contributed by atoms with Crippen LogP contribution in [0.2, 0.25) is 0 Å². The lowest BCUT2D eigenvalue weighted by Crippen LogP contribution is -2.53. The largest absolute Gasteiger partial charge is 0.469 e. The lowest BCUT2D eigenvalue weighted by Gasteiger charge is -2.30. The molecule has 23 heavy (non-hydrogen) atoms. The Bertz CT molecular complexity index is 482. The van der Waals surface area contributed by atoms with E-state index >= 15 is 0 Å². The number of methoxy groups -OCH3 is 2. The Morgan fingerprint density at radius 1 is 1.35 bits per heavy atom. The third kappa shape index (κ3) is 4.85. The first-order valence-corrected chi connectivity index (χ1v) is 8.08. The molecule has 0 unspecified atom stereocenters. The third-order valence-electron chi connectivity index (χ3n) is 3.64. The van der Waals surface area contributed by atoms with Crippen LogP contribution in [0, 0.1) is 0 Å². The van der Waals surface area contributed by atoms with E-state index in [1.165, 1.54) is 30.9 Å². The van der Waals surface area contributed by atoms with Crippen LogP contribution in [0.4, 0.5) is 0 Å². The summed E-state index contributed by atoms with van der Waals surface area (Å²) in [6.45, 7) is 3.68. The first kappa shape index (κ1) is 19.3. The van der Waals surface area contributed by atoms with Gasteiger partial charge in [0.15, 0.2) is 0 Å². The summed E-state index contributed by atoms with van der Waals surface area (Å²) >= 11 is 1.48. The molecule has 2 amide bonds. The van der Waals surface area contributed by atoms with E-state index in [0.29, 0.717) is 12.2 Å². The standard InChI is InChI=1S/C14H22N2O6S/c1-14(2)16(8-17)10(7-23-14)12(19)15-9(13(20)22-4)5-6-11(18)21-3/h8-10H,5-7H2,1-4H3,(H,15,19)/t9-,10-/m1/s1. The summed E-state index contributed by atoms with van der Waals surface area (Å²) in [7, 11) is 2.44. The average molecular weight is 346 g/mol. The van der Waals surface area contributed by atoms with Crippen molar-refractivity contribution in [3.63, 3.8) is 0 Å². The number of hydrogen-bond acceptors (Lipinski definition) is 7. The molecule has 1 aliphatic rings. The highest BCUT2D eigenvalue weighted by atomic mass is 32.2. The topological polar surface area (TPSA) is 102 Å². The fraction of sp³-hybridized carbons (Fsp3) is 0.714. The molecular weight excluding hydrogens is 324 g/mol. The van der Waals surface area contributed by atoms with Crippen LogP contribution < -0.4 is 5.32 Å². The molecule has 0 radical (unpaired) electrons. The van der Waals surface area contributed by atoms with Gasteiger partial charge in [-0.15, -0.1) is 11.8 Å². The summed E-state index contributed by atoms with van der Waals surface area (Å²) in [5, 5.41) is 2.56. The predicted molar refractivity (Wildman–Crippen MR) is 83.4 cm³/mol. The van der Waals surface area contributed by atoms with E-state index < -0.39 is 34.8 Å². The van der Waals surface area contributed by atoms with Crippen LogP contribution in [0.25, 0.3) is 0 Å². The van der Waals surface area contributed by atoms with Crippen molar-refractivity contribution in [1.29, 1.82) is 0 Å². The number of thioether (sulfide) groups is 1. The molecule has 0 aromatic heterocycles. The quantitative estimate of drug-likeness (QED) is 0.507. The number of esters is 2. The molecule has 0 spiro atoms. The van der Waals surface area contributed by atoms with Gasteiger partial charge < -0.3 is 19.7 Å². The SMILES string of the molecule is COC(=O)CC[C@@H](NC(=O)[C@H]1CSC(C)(C)N1C=O)C(=O)OC. The summed E-state index contributed by atoms with van der Waals surface area (Å²) in [4.78, 5) is 47.5. The molecule has 0 aromatic carbocycles. The van der Waals surface area contributed by atoms with Crippen LogP contribution in [0.15, 0.2) is 0 Å². The summed E-state index contributed by atoms with van der Waals surface area (Å²) < 4.78 is 9.16. The average Bonchev–Trinajstić information content (AvgIpc) is 2.84. The molecule has 8 nitrogen and oxygen atoms in total. The van der Waals surface area contributed by atoms with Gasteiger partial charge in [0.1, 0.15) is 12.1 Å². The number of nitrogens with zero attached hydrogens (tertiary/aromatic N) is 1. The fourth-order valence-corrected chi connectivity index (χ4v) is 3.44. The summed E-state index contributed by atoms with van der Waals surface area (Å²) in [5.74, 6) is -1.15. The summed E-state index contributed by atoms with van der Waals surface area (Å²) in [6.07, 6.45) is 0.667. The lowest BCUT2D eigenvalue weighted by atomic mass is 10.1. The Hall–Kier alpha value is -1.77. The normalized spacial score (nSPS) is 20.5. The van der Waals surface area contributed by atoms with Gasteiger partial charge in [-0.2, -0.15) is 0 Å². The van der Waals surface area contributed by atoms with Crippen molar-refractivity contribution < 1.29 is 28.7 Å². The van der Waals surface area contributed by atoms with Gasteiger partial charge in [-0.1, -0.05) is 0 Å². The van der Waals surface area contributed by atoms with E-state index in [-0.39, 0.29) is 12.8 Å². The Balaban J connectivity index is 2.75. The van der Waals surface area contributed by atoms with Crippen LogP contribution in [-0.4, -0.2) is 66.1 Å². The Kier molecular flexibility index (Phi) is 6.86. The van der Waals surface area contributed by atoms with Crippen LogP contribution in [-0.2, 0) is 28.7 Å². The maximum atomic E-state index is 12.4. The van der Waals surface area contributed by atoms with Gasteiger partial charge in [-0.05, 0) is 20.3 Å². The molecular formula is C14H22N2O6S. The third-order valence-corrected chi connectivity index (χ3v) is 5.03. The number of rotatable bonds is 7. The number of carbonyl (C=O) groups excluding carboxylic acids is 4. The summed E-state index contributed by atoms with van der Waals surface area (Å²) in [5.41, 5.74) is 0. The Morgan fingerprint density at radius 3 is 2.52 bits per heavy atom. The minimum absolute atomic E-state index is 0.0289. The highest BCUT2D eigenvalue weighted by Crippen LogP contribution is 2.37. The van der Waals surface area contributed by atoms with Crippen molar-refractivity contribution in [3.05, 3.63) is 0 Å². The van der Waals surface area contributed by atoms with Crippen molar-refractivity contribution >= 4 is 36.0 Å². The molecule has 0 saturated carbocycles. The van der Waals surface area contributed by atoms with E-state index in [9.17, 15) is 19.2 Å². The van der Waals surface area contributed by atoms with Crippen LogP contribution in [0.3, 0.4) is 0 Å². The second-order valence-electron chi connectivity index (χ2n) is 5.49. The lowest BCUT2D eigenvalue weighted by molar-refractivity contribution is -0.147. The molecule has 1 heterocycles. The zero-order valence-corrected chi connectivity index (χ0v) is 14.5. The smallest absolute Gasteiger partial charge is 0.328 e. The van der Waals surface area contributed by atoms with Crippen LogP contribution in [0.1, 0.15) is 26.7 Å². The predicted octanol–water partition coefficient (Wildman–Crippen LogP) is -0.0927. The van der Waals surface area contributed by atoms with E-state index in [1.54, 1.807) is 0 Å². The number of carbonyl (C=O) groups is 4. The molecule has 1 saturated heterocycles. The molecule has 1 rings (SSSR count). The zero-order chi connectivity index (χ0) is 17.6. The van der Waals surface area contributed by atoms with Gasteiger partial charge in [0.05, 0.1) is 19.1 Å². The molecule has 1 aliphatic heterocycles. The van der Waals surface area contributed by atoms with Gasteiger partial charge in [0.25, 0.3) is 0 Å². The highest BCUT2D eigenvalue weighted by molar-refractivity contribution is 8.00. The highest BCUT2D eigenvalue weighted by Gasteiger charge is 2.43. The zero-order valence-electron chi connectivity index (χ0n) is 13.7. The molecule has 1 fully saturated rings. The number of ether oxygens (including phenoxy) is 2. The van der Waals surface area contributed by atoms with Crippen molar-refractivity contribution in [2.75, 3.05) is 20.0 Å². The second kappa shape index (κ2) is 8.19. The minimum atomic E-state index is -0.964. The van der Waals surface area contributed by atoms with Gasteiger partial charge in [-0.3, -0.25) is 14.4 Å². The van der Waals surface area contributed by atoms with Crippen molar-refractivity contribution in [2.45, 2.75) is 43.6 Å². The molecule has 0 aliphatic carbocycles. The van der Waals surface area contributed by atoms with Gasteiger partial charge >= 0.3 is 11.9 Å². The number of amides is 2. The van der Waals surface area contributed by atoms with Crippen LogP contribution in [0.5, 0.6) is 0 Å². The minimum Gasteiger partial charge on any atom is -0.469 e. The van der Waals surface area contributed by atoms with E-state index in [4.69, 9.17) is 0 Å². The van der Waals surface area contributed by atoms with Crippen molar-refractivity contribution in [1.82, 2.24) is 10.2 Å². The second-order valence-corrected chi connectivity index (χ2v) is 7.11. The van der Waals surface area contributed by atoms with Crippen LogP contribution >= 0.6 is 11.8 Å². The first-order valence-electron chi connectivity index (χ1n) is 7.09. The van der Waals surface area contributed by atoms with Gasteiger partial charge in [0, 0.05) is 12.2 Å². The molecule has 9 heteroatoms. The number of nitrogens with one attached hydrogen (secondary N) is 1. The van der Waals surface area contributed by atoms with Gasteiger partial charge in [0.2, 0.25) is 12.3 Å². The molecule has 1 N–H and O–H groups in total. The van der Waals surface area contributed by atoms with E-state index in [0.717, 1.165) is 0 Å². The van der Waals surface area contributed by atoms with Gasteiger partial charge in [-0.25, -0.2) is 4.79 Å².